The molecule has 3 heterocycles. The van der Waals surface area contributed by atoms with Crippen LogP contribution in [0.2, 0.25) is 0 Å². The normalized spacial score (nSPS) is 23.5. The maximum absolute atomic E-state index is 12.6. The van der Waals surface area contributed by atoms with E-state index in [4.69, 9.17) is 18.9 Å². The molecule has 50 heavy (non-hydrogen) atoms. The number of nitrogens with one attached hydrogen (secondary N) is 2. The van der Waals surface area contributed by atoms with Crippen LogP contribution in [0.5, 0.6) is 0 Å². The number of urea groups is 1. The minimum Gasteiger partial charge on any atom is -0.392 e. The minimum atomic E-state index is -0.546. The van der Waals surface area contributed by atoms with Gasteiger partial charge in [-0.05, 0) is 33.4 Å². The molecule has 0 radical (unpaired) electrons. The Morgan fingerprint density at radius 2 is 1.44 bits per heavy atom. The number of aliphatic hydroxyl groups excluding tert-OH is 1. The molecule has 4 aromatic carbocycles. The summed E-state index contributed by atoms with van der Waals surface area (Å²) in [6.07, 6.45) is 0.933. The predicted octanol–water partition coefficient (Wildman–Crippen LogP) is 6.48. The molecule has 262 valence electrons. The summed E-state index contributed by atoms with van der Waals surface area (Å²) in [5, 5.41) is 15.6. The van der Waals surface area contributed by atoms with E-state index in [1.165, 1.54) is 0 Å². The number of likely N-dealkylation sites (tertiary alicyclic amines) is 1. The fourth-order valence-electron chi connectivity index (χ4n) is 7.24. The second-order valence-electron chi connectivity index (χ2n) is 13.5. The third kappa shape index (κ3) is 8.10. The lowest BCUT2D eigenvalue weighted by molar-refractivity contribution is -0.278. The molecule has 4 aromatic rings. The van der Waals surface area contributed by atoms with Crippen LogP contribution in [0.25, 0.3) is 11.1 Å². The Hall–Kier alpha value is -4.09. The van der Waals surface area contributed by atoms with Gasteiger partial charge < -0.3 is 39.6 Å². The van der Waals surface area contributed by atoms with Gasteiger partial charge in [-0.3, -0.25) is 0 Å². The Balaban J connectivity index is 1.04. The number of hydrogen-bond acceptors (Lipinski definition) is 7. The third-order valence-corrected chi connectivity index (χ3v) is 10.2. The quantitative estimate of drug-likeness (QED) is 0.177. The molecule has 3 N–H and O–H groups in total. The second kappa shape index (κ2) is 15.9. The van der Waals surface area contributed by atoms with Crippen LogP contribution in [0.4, 0.5) is 4.79 Å². The number of hydrogen-bond donors (Lipinski definition) is 3. The number of amides is 2. The van der Waals surface area contributed by atoms with Crippen LogP contribution in [0.3, 0.4) is 0 Å². The molecule has 3 aliphatic heterocycles. The van der Waals surface area contributed by atoms with Gasteiger partial charge >= 0.3 is 6.03 Å². The van der Waals surface area contributed by atoms with E-state index in [-0.39, 0.29) is 30.8 Å². The number of nitrogens with zero attached hydrogens (tertiary/aromatic N) is 1. The summed E-state index contributed by atoms with van der Waals surface area (Å²) in [6, 6.07) is 34.2. The molecule has 0 bridgehead atoms. The van der Waals surface area contributed by atoms with Crippen molar-refractivity contribution in [3.63, 3.8) is 0 Å². The van der Waals surface area contributed by atoms with Gasteiger partial charge in [0.2, 0.25) is 0 Å². The smallest absolute Gasteiger partial charge is 0.315 e. The summed E-state index contributed by atoms with van der Waals surface area (Å²) in [6.45, 7) is 7.01. The van der Waals surface area contributed by atoms with Gasteiger partial charge in [0.25, 0.3) is 0 Å². The molecule has 4 atom stereocenters. The summed E-state index contributed by atoms with van der Waals surface area (Å²) in [7, 11) is 0. The lowest BCUT2D eigenvalue weighted by Crippen LogP contribution is -2.50. The molecule has 0 aliphatic carbocycles. The zero-order valence-corrected chi connectivity index (χ0v) is 28.6. The monoisotopic (exact) mass is 677 g/mol. The Kier molecular flexibility index (Phi) is 10.9. The molecule has 0 aromatic heterocycles. The Labute approximate surface area is 294 Å². The number of aliphatic hydroxyl groups is 1. The number of benzene rings is 4. The molecule has 4 unspecified atom stereocenters. The fourth-order valence-corrected chi connectivity index (χ4v) is 7.24. The molecular formula is C41H47N3O6. The van der Waals surface area contributed by atoms with Crippen LogP contribution < -0.4 is 10.6 Å². The van der Waals surface area contributed by atoms with Crippen LogP contribution >= 0.6 is 0 Å². The van der Waals surface area contributed by atoms with Crippen LogP contribution in [0.1, 0.15) is 60.0 Å². The number of carbonyl (C=O) groups is 1. The standard InChI is InChI=1S/C41H47N3O6/c1-29-37(27-44-21-19-41(20-22-44)47-23-24-48-41)49-39(50-38(29)33-13-11-31(28-45)12-14-33)34-17-15-32(16-18-34)36-10-6-5-9-35(36)26-43-40(46)42-25-30-7-3-2-4-8-30/h2-18,29,37-39,45H,19-28H2,1H3,(H2,42,43,46). The number of rotatable bonds is 10. The minimum absolute atomic E-state index is 0.00654. The number of carbonyl (C=O) groups excluding carboxylic acids is 1. The molecule has 9 heteroatoms. The van der Waals surface area contributed by atoms with Gasteiger partial charge in [0.1, 0.15) is 0 Å². The van der Waals surface area contributed by atoms with Crippen LogP contribution in [-0.2, 0) is 38.6 Å². The molecule has 3 fully saturated rings. The van der Waals surface area contributed by atoms with Gasteiger partial charge in [0.05, 0.1) is 32.0 Å². The lowest BCUT2D eigenvalue weighted by Gasteiger charge is -2.44. The molecule has 9 nitrogen and oxygen atoms in total. The van der Waals surface area contributed by atoms with Gasteiger partial charge in [0, 0.05) is 57.0 Å². The summed E-state index contributed by atoms with van der Waals surface area (Å²) >= 11 is 0. The van der Waals surface area contributed by atoms with Gasteiger partial charge in [0.15, 0.2) is 12.1 Å². The summed E-state index contributed by atoms with van der Waals surface area (Å²) in [5.74, 6) is -0.312. The van der Waals surface area contributed by atoms with E-state index in [0.29, 0.717) is 26.3 Å². The van der Waals surface area contributed by atoms with Crippen molar-refractivity contribution in [2.45, 2.75) is 63.7 Å². The fraction of sp³-hybridized carbons (Fsp3) is 0.390. The highest BCUT2D eigenvalue weighted by atomic mass is 16.7. The first kappa shape index (κ1) is 34.4. The Bertz CT molecular complexity index is 1680. The highest BCUT2D eigenvalue weighted by Gasteiger charge is 2.43. The van der Waals surface area contributed by atoms with E-state index in [9.17, 15) is 9.90 Å². The molecule has 0 saturated carbocycles. The molecule has 3 saturated heterocycles. The maximum atomic E-state index is 12.6. The first-order valence-electron chi connectivity index (χ1n) is 17.7. The first-order chi connectivity index (χ1) is 24.5. The maximum Gasteiger partial charge on any atom is 0.315 e. The highest BCUT2D eigenvalue weighted by Crippen LogP contribution is 2.43. The van der Waals surface area contributed by atoms with Gasteiger partial charge in [-0.1, -0.05) is 110 Å². The van der Waals surface area contributed by atoms with E-state index in [1.807, 2.05) is 60.7 Å². The predicted molar refractivity (Wildman–Crippen MR) is 191 cm³/mol. The average molecular weight is 678 g/mol. The zero-order valence-electron chi connectivity index (χ0n) is 28.6. The van der Waals surface area contributed by atoms with Crippen LogP contribution in [0, 0.1) is 5.92 Å². The molecule has 1 spiro atoms. The third-order valence-electron chi connectivity index (χ3n) is 10.2. The van der Waals surface area contributed by atoms with E-state index in [2.05, 4.69) is 64.9 Å². The van der Waals surface area contributed by atoms with Gasteiger partial charge in [-0.2, -0.15) is 0 Å². The highest BCUT2D eigenvalue weighted by molar-refractivity contribution is 5.75. The van der Waals surface area contributed by atoms with Crippen molar-refractivity contribution in [1.29, 1.82) is 0 Å². The first-order valence-corrected chi connectivity index (χ1v) is 17.7. The van der Waals surface area contributed by atoms with Crippen molar-refractivity contribution < 1.29 is 28.8 Å². The summed E-state index contributed by atoms with van der Waals surface area (Å²) < 4.78 is 25.4. The van der Waals surface area contributed by atoms with E-state index >= 15 is 0 Å². The molecule has 2 amide bonds. The van der Waals surface area contributed by atoms with Gasteiger partial charge in [-0.25, -0.2) is 4.79 Å². The van der Waals surface area contributed by atoms with Crippen molar-refractivity contribution in [2.24, 2.45) is 5.92 Å². The zero-order chi connectivity index (χ0) is 34.3. The SMILES string of the molecule is CC1C(CN2CCC3(CC2)OCCO3)OC(c2ccc(-c3ccccc3CNC(=O)NCc3ccccc3)cc2)OC1c1ccc(CO)cc1. The second-order valence-corrected chi connectivity index (χ2v) is 13.5. The van der Waals surface area contributed by atoms with Crippen LogP contribution in [0.15, 0.2) is 103 Å². The topological polar surface area (TPSA) is 102 Å². The van der Waals surface area contributed by atoms with Crippen molar-refractivity contribution in [1.82, 2.24) is 15.5 Å². The number of ether oxygens (including phenoxy) is 4. The van der Waals surface area contributed by atoms with Gasteiger partial charge in [-0.15, -0.1) is 0 Å². The summed E-state index contributed by atoms with van der Waals surface area (Å²) in [5.41, 5.74) is 7.07. The molecular weight excluding hydrogens is 630 g/mol. The molecule has 3 aliphatic rings. The van der Waals surface area contributed by atoms with Crippen molar-refractivity contribution in [2.75, 3.05) is 32.8 Å². The number of piperidine rings is 1. The largest absolute Gasteiger partial charge is 0.392 e. The van der Waals surface area contributed by atoms with E-state index in [1.54, 1.807) is 0 Å². The lowest BCUT2D eigenvalue weighted by atomic mass is 9.89. The van der Waals surface area contributed by atoms with E-state index in [0.717, 1.165) is 71.4 Å². The van der Waals surface area contributed by atoms with Crippen LogP contribution in [-0.4, -0.2) is 60.8 Å². The summed E-state index contributed by atoms with van der Waals surface area (Å²) in [4.78, 5) is 15.0. The van der Waals surface area contributed by atoms with Crippen molar-refractivity contribution in [3.8, 4) is 11.1 Å². The van der Waals surface area contributed by atoms with Crippen molar-refractivity contribution in [3.05, 3.63) is 131 Å². The average Bonchev–Trinajstić information content (AvgIpc) is 3.63. The van der Waals surface area contributed by atoms with E-state index < -0.39 is 12.1 Å². The van der Waals surface area contributed by atoms with Crippen molar-refractivity contribution >= 4 is 6.03 Å². The Morgan fingerprint density at radius 3 is 2.16 bits per heavy atom. The Morgan fingerprint density at radius 1 is 0.780 bits per heavy atom. The molecule has 7 rings (SSSR count).